The van der Waals surface area contributed by atoms with Crippen LogP contribution in [0.25, 0.3) is 0 Å². The second-order valence-electron chi connectivity index (χ2n) is 7.31. The molecule has 0 radical (unpaired) electrons. The van der Waals surface area contributed by atoms with Gasteiger partial charge in [-0.1, -0.05) is 19.3 Å². The summed E-state index contributed by atoms with van der Waals surface area (Å²) in [5.41, 5.74) is 0. The second-order valence-corrected chi connectivity index (χ2v) is 7.31. The molecule has 5 nitrogen and oxygen atoms in total. The average molecular weight is 507 g/mol. The lowest BCUT2D eigenvalue weighted by Crippen LogP contribution is -2.45. The minimum Gasteiger partial charge on any atom is -0.357 e. The standard InChI is InChI=1S/C18H36F3N5.HI/c1-4-22-17(23-11-8-6-5-7-9-12-25(2)3)24-16-10-13-26(14-16)15-18(19,20)21;/h16H,4-15H2,1-3H3,(H2,22,23,24);1H. The van der Waals surface area contributed by atoms with Crippen LogP contribution in [0.1, 0.15) is 45.4 Å². The lowest BCUT2D eigenvalue weighted by Gasteiger charge is -2.19. The van der Waals surface area contributed by atoms with Crippen LogP contribution >= 0.6 is 24.0 Å². The maximum absolute atomic E-state index is 12.5. The van der Waals surface area contributed by atoms with Crippen molar-refractivity contribution in [3.8, 4) is 0 Å². The van der Waals surface area contributed by atoms with E-state index in [4.69, 9.17) is 0 Å². The fraction of sp³-hybridized carbons (Fsp3) is 0.944. The number of hydrogen-bond donors (Lipinski definition) is 2. The van der Waals surface area contributed by atoms with Crippen LogP contribution in [0.2, 0.25) is 0 Å². The van der Waals surface area contributed by atoms with E-state index in [-0.39, 0.29) is 30.0 Å². The minimum atomic E-state index is -4.12. The molecule has 1 fully saturated rings. The third-order valence-electron chi connectivity index (χ3n) is 4.39. The highest BCUT2D eigenvalue weighted by Gasteiger charge is 2.34. The van der Waals surface area contributed by atoms with E-state index in [1.165, 1.54) is 30.6 Å². The predicted octanol–water partition coefficient (Wildman–Crippen LogP) is 3.31. The first-order chi connectivity index (χ1) is 12.3. The summed E-state index contributed by atoms with van der Waals surface area (Å²) in [5.74, 6) is 0.721. The van der Waals surface area contributed by atoms with E-state index < -0.39 is 12.7 Å². The Bertz CT molecular complexity index is 405. The SMILES string of the molecule is CCNC(=NCCCCCCCN(C)C)NC1CCN(CC(F)(F)F)C1.I. The van der Waals surface area contributed by atoms with E-state index in [1.54, 1.807) is 0 Å². The zero-order valence-electron chi connectivity index (χ0n) is 16.9. The van der Waals surface area contributed by atoms with Crippen molar-refractivity contribution in [3.05, 3.63) is 0 Å². The maximum atomic E-state index is 12.5. The van der Waals surface area contributed by atoms with Gasteiger partial charge in [0.15, 0.2) is 5.96 Å². The van der Waals surface area contributed by atoms with Crippen LogP contribution in [0.5, 0.6) is 0 Å². The summed E-state index contributed by atoms with van der Waals surface area (Å²) in [6, 6.07) is 0.0289. The maximum Gasteiger partial charge on any atom is 0.401 e. The highest BCUT2D eigenvalue weighted by Crippen LogP contribution is 2.19. The summed E-state index contributed by atoms with van der Waals surface area (Å²) in [6.45, 7) is 4.69. The topological polar surface area (TPSA) is 42.9 Å². The minimum absolute atomic E-state index is 0. The van der Waals surface area contributed by atoms with Gasteiger partial charge in [-0.2, -0.15) is 13.2 Å². The Balaban J connectivity index is 0.00000676. The monoisotopic (exact) mass is 507 g/mol. The van der Waals surface area contributed by atoms with Crippen molar-refractivity contribution in [3.63, 3.8) is 0 Å². The van der Waals surface area contributed by atoms with Crippen molar-refractivity contribution in [2.24, 2.45) is 4.99 Å². The first-order valence-corrected chi connectivity index (χ1v) is 9.79. The molecule has 1 saturated heterocycles. The van der Waals surface area contributed by atoms with E-state index in [1.807, 2.05) is 6.92 Å². The Kier molecular flexibility index (Phi) is 14.5. The van der Waals surface area contributed by atoms with Crippen LogP contribution in [0, 0.1) is 0 Å². The van der Waals surface area contributed by atoms with Gasteiger partial charge in [-0.05, 0) is 46.8 Å². The highest BCUT2D eigenvalue weighted by atomic mass is 127. The van der Waals surface area contributed by atoms with Gasteiger partial charge in [-0.15, -0.1) is 24.0 Å². The molecule has 2 N–H and O–H groups in total. The molecule has 1 unspecified atom stereocenters. The van der Waals surface area contributed by atoms with Crippen LogP contribution in [-0.4, -0.2) is 81.3 Å². The number of aliphatic imine (C=N–C) groups is 1. The Hall–Kier alpha value is -0.290. The van der Waals surface area contributed by atoms with Crippen LogP contribution < -0.4 is 10.6 Å². The molecule has 0 saturated carbocycles. The lowest BCUT2D eigenvalue weighted by atomic mass is 10.1. The number of unbranched alkanes of at least 4 members (excludes halogenated alkanes) is 4. The van der Waals surface area contributed by atoms with Gasteiger partial charge in [-0.3, -0.25) is 9.89 Å². The van der Waals surface area contributed by atoms with Crippen molar-refractivity contribution in [1.82, 2.24) is 20.4 Å². The third-order valence-corrected chi connectivity index (χ3v) is 4.39. The zero-order valence-corrected chi connectivity index (χ0v) is 19.3. The molecule has 162 valence electrons. The van der Waals surface area contributed by atoms with Crippen molar-refractivity contribution >= 4 is 29.9 Å². The molecule has 0 amide bonds. The van der Waals surface area contributed by atoms with E-state index in [2.05, 4.69) is 34.6 Å². The molecule has 27 heavy (non-hydrogen) atoms. The molecule has 1 aliphatic heterocycles. The molecule has 1 rings (SSSR count). The van der Waals surface area contributed by atoms with Crippen molar-refractivity contribution in [1.29, 1.82) is 0 Å². The van der Waals surface area contributed by atoms with Gasteiger partial charge < -0.3 is 15.5 Å². The summed E-state index contributed by atoms with van der Waals surface area (Å²) in [5, 5.41) is 6.47. The molecule has 0 aliphatic carbocycles. The Morgan fingerprint density at radius 1 is 1.15 bits per heavy atom. The average Bonchev–Trinajstić information content (AvgIpc) is 2.94. The number of likely N-dealkylation sites (tertiary alicyclic amines) is 1. The van der Waals surface area contributed by atoms with Crippen LogP contribution in [0.15, 0.2) is 4.99 Å². The number of hydrogen-bond acceptors (Lipinski definition) is 3. The molecule has 0 bridgehead atoms. The molecule has 0 spiro atoms. The largest absolute Gasteiger partial charge is 0.401 e. The zero-order chi connectivity index (χ0) is 19.4. The van der Waals surface area contributed by atoms with Gasteiger partial charge in [0.05, 0.1) is 6.54 Å². The smallest absolute Gasteiger partial charge is 0.357 e. The Labute approximate surface area is 179 Å². The molecular formula is C18H37F3IN5. The quantitative estimate of drug-likeness (QED) is 0.195. The van der Waals surface area contributed by atoms with E-state index in [0.717, 1.165) is 32.0 Å². The third kappa shape index (κ3) is 14.4. The van der Waals surface area contributed by atoms with E-state index >= 15 is 0 Å². The fourth-order valence-corrected chi connectivity index (χ4v) is 3.12. The van der Waals surface area contributed by atoms with Crippen LogP contribution in [0.3, 0.4) is 0 Å². The summed E-state index contributed by atoms with van der Waals surface area (Å²) in [6.07, 6.45) is 2.51. The summed E-state index contributed by atoms with van der Waals surface area (Å²) in [4.78, 5) is 8.23. The number of halogens is 4. The first-order valence-electron chi connectivity index (χ1n) is 9.79. The predicted molar refractivity (Wildman–Crippen MR) is 117 cm³/mol. The van der Waals surface area contributed by atoms with Gasteiger partial charge in [0, 0.05) is 32.2 Å². The van der Waals surface area contributed by atoms with Gasteiger partial charge in [0.25, 0.3) is 0 Å². The molecule has 1 atom stereocenters. The lowest BCUT2D eigenvalue weighted by molar-refractivity contribution is -0.143. The number of rotatable bonds is 11. The first kappa shape index (κ1) is 26.7. The molecule has 1 aliphatic rings. The number of nitrogens with one attached hydrogen (secondary N) is 2. The normalized spacial score (nSPS) is 18.6. The van der Waals surface area contributed by atoms with E-state index in [9.17, 15) is 13.2 Å². The van der Waals surface area contributed by atoms with E-state index in [0.29, 0.717) is 19.5 Å². The molecule has 0 aromatic heterocycles. The van der Waals surface area contributed by atoms with Gasteiger partial charge in [0.1, 0.15) is 0 Å². The van der Waals surface area contributed by atoms with Crippen molar-refractivity contribution in [2.75, 3.05) is 53.4 Å². The Morgan fingerprint density at radius 3 is 2.44 bits per heavy atom. The summed E-state index contributed by atoms with van der Waals surface area (Å²) in [7, 11) is 4.19. The van der Waals surface area contributed by atoms with Gasteiger partial charge in [-0.25, -0.2) is 0 Å². The Morgan fingerprint density at radius 2 is 1.81 bits per heavy atom. The van der Waals surface area contributed by atoms with Crippen LogP contribution in [-0.2, 0) is 0 Å². The molecule has 0 aromatic rings. The summed E-state index contributed by atoms with van der Waals surface area (Å²) < 4.78 is 37.4. The second kappa shape index (κ2) is 14.7. The van der Waals surface area contributed by atoms with Crippen molar-refractivity contribution in [2.45, 2.75) is 57.7 Å². The van der Waals surface area contributed by atoms with Gasteiger partial charge >= 0.3 is 6.18 Å². The fourth-order valence-electron chi connectivity index (χ4n) is 3.12. The molecule has 9 heteroatoms. The molecule has 0 aromatic carbocycles. The number of alkyl halides is 3. The molecular weight excluding hydrogens is 470 g/mol. The van der Waals surface area contributed by atoms with Crippen LogP contribution in [0.4, 0.5) is 13.2 Å². The summed E-state index contributed by atoms with van der Waals surface area (Å²) >= 11 is 0. The number of guanidine groups is 1. The highest BCUT2D eigenvalue weighted by molar-refractivity contribution is 14.0. The molecule has 1 heterocycles. The van der Waals surface area contributed by atoms with Gasteiger partial charge in [0.2, 0.25) is 0 Å². The number of nitrogens with zero attached hydrogens (tertiary/aromatic N) is 3. The van der Waals surface area contributed by atoms with Crippen molar-refractivity contribution < 1.29 is 13.2 Å².